The molecule has 3 aromatic rings. The van der Waals surface area contributed by atoms with Gasteiger partial charge in [0, 0.05) is 16.3 Å². The maximum atomic E-state index is 9.74. The molecule has 28 heavy (non-hydrogen) atoms. The molecule has 0 atom stereocenters. The number of ether oxygens (including phenoxy) is 1. The number of hydrogen-bond donors (Lipinski definition) is 1. The van der Waals surface area contributed by atoms with Crippen molar-refractivity contribution in [3.8, 4) is 17.5 Å². The number of oxazole rings is 1. The first-order valence-electron chi connectivity index (χ1n) is 8.70. The molecule has 0 fully saturated rings. The Morgan fingerprint density at radius 1 is 1.43 bits per heavy atom. The van der Waals surface area contributed by atoms with E-state index in [9.17, 15) is 5.26 Å². The molecule has 0 saturated carbocycles. The molecule has 8 nitrogen and oxygen atoms in total. The zero-order chi connectivity index (χ0) is 19.7. The summed E-state index contributed by atoms with van der Waals surface area (Å²) in [5.74, 6) is 1.55. The molecule has 0 amide bonds. The quantitative estimate of drug-likeness (QED) is 0.667. The number of hydrogen-bond acceptors (Lipinski definition) is 7. The van der Waals surface area contributed by atoms with Crippen LogP contribution in [-0.2, 0) is 17.9 Å². The van der Waals surface area contributed by atoms with Crippen LogP contribution in [0.15, 0.2) is 40.8 Å². The van der Waals surface area contributed by atoms with Crippen LogP contribution in [0.3, 0.4) is 0 Å². The molecular formula is C19H17ClN6O2. The van der Waals surface area contributed by atoms with Gasteiger partial charge in [-0.1, -0.05) is 11.6 Å². The highest BCUT2D eigenvalue weighted by Gasteiger charge is 2.25. The molecule has 0 spiro atoms. The van der Waals surface area contributed by atoms with Gasteiger partial charge in [0.15, 0.2) is 11.6 Å². The number of benzene rings is 1. The summed E-state index contributed by atoms with van der Waals surface area (Å²) in [6, 6.07) is 7.62. The average molecular weight is 397 g/mol. The Bertz CT molecular complexity index is 1080. The van der Waals surface area contributed by atoms with E-state index in [0.717, 1.165) is 11.3 Å². The third-order valence-electron chi connectivity index (χ3n) is 4.26. The van der Waals surface area contributed by atoms with Crippen molar-refractivity contribution in [2.45, 2.75) is 33.1 Å². The monoisotopic (exact) mass is 396 g/mol. The van der Waals surface area contributed by atoms with E-state index in [-0.39, 0.29) is 12.0 Å². The van der Waals surface area contributed by atoms with Crippen molar-refractivity contribution in [2.24, 2.45) is 0 Å². The van der Waals surface area contributed by atoms with Gasteiger partial charge in [0.1, 0.15) is 24.5 Å². The summed E-state index contributed by atoms with van der Waals surface area (Å²) in [7, 11) is 0. The van der Waals surface area contributed by atoms with Crippen molar-refractivity contribution in [1.82, 2.24) is 19.7 Å². The topological polar surface area (TPSA) is 102 Å². The van der Waals surface area contributed by atoms with Crippen molar-refractivity contribution in [1.29, 1.82) is 5.26 Å². The Kier molecular flexibility index (Phi) is 4.86. The summed E-state index contributed by atoms with van der Waals surface area (Å²) in [4.78, 5) is 4.12. The maximum Gasteiger partial charge on any atom is 0.238 e. The van der Waals surface area contributed by atoms with Crippen molar-refractivity contribution < 1.29 is 9.15 Å². The van der Waals surface area contributed by atoms with Crippen LogP contribution in [0.4, 0.5) is 5.69 Å². The van der Waals surface area contributed by atoms with E-state index < -0.39 is 0 Å². The van der Waals surface area contributed by atoms with Crippen LogP contribution in [0.25, 0.3) is 17.0 Å². The van der Waals surface area contributed by atoms with E-state index in [1.54, 1.807) is 6.07 Å². The Balaban J connectivity index is 1.89. The van der Waals surface area contributed by atoms with Crippen LogP contribution in [-0.4, -0.2) is 25.9 Å². The van der Waals surface area contributed by atoms with Gasteiger partial charge in [-0.15, -0.1) is 10.2 Å². The second kappa shape index (κ2) is 7.46. The number of nitrogens with one attached hydrogen (secondary N) is 1. The molecule has 0 saturated heterocycles. The Hall–Kier alpha value is -3.15. The first-order chi connectivity index (χ1) is 13.6. The van der Waals surface area contributed by atoms with Gasteiger partial charge in [0.05, 0.1) is 24.5 Å². The van der Waals surface area contributed by atoms with E-state index in [2.05, 4.69) is 26.6 Å². The minimum absolute atomic E-state index is 0.0515. The highest BCUT2D eigenvalue weighted by atomic mass is 35.5. The molecular weight excluding hydrogens is 380 g/mol. The van der Waals surface area contributed by atoms with Crippen LogP contribution >= 0.6 is 11.6 Å². The summed E-state index contributed by atoms with van der Waals surface area (Å²) in [5, 5.41) is 22.3. The molecule has 1 aromatic carbocycles. The first-order valence-corrected chi connectivity index (χ1v) is 9.08. The van der Waals surface area contributed by atoms with Gasteiger partial charge in [-0.05, 0) is 32.0 Å². The highest BCUT2D eigenvalue weighted by Crippen LogP contribution is 2.35. The van der Waals surface area contributed by atoms with E-state index in [1.165, 1.54) is 12.5 Å². The molecule has 0 aliphatic carbocycles. The lowest BCUT2D eigenvalue weighted by Gasteiger charge is -2.12. The van der Waals surface area contributed by atoms with Gasteiger partial charge in [-0.25, -0.2) is 4.98 Å². The fourth-order valence-corrected chi connectivity index (χ4v) is 3.12. The fraction of sp³-hybridized carbons (Fsp3) is 0.263. The Morgan fingerprint density at radius 2 is 2.29 bits per heavy atom. The number of anilines is 1. The smallest absolute Gasteiger partial charge is 0.238 e. The van der Waals surface area contributed by atoms with Gasteiger partial charge < -0.3 is 19.0 Å². The largest absolute Gasteiger partial charge is 0.444 e. The summed E-state index contributed by atoms with van der Waals surface area (Å²) in [5.41, 5.74) is 2.48. The SMILES string of the molecule is CC(C)OCc1nnc2n1C/C(=C(/C#N)c1ncco1)Nc1ccc(Cl)cc1-2. The molecule has 1 N–H and O–H groups in total. The molecule has 3 heterocycles. The predicted molar refractivity (Wildman–Crippen MR) is 103 cm³/mol. The number of nitrogens with zero attached hydrogens (tertiary/aromatic N) is 5. The number of allylic oxidation sites excluding steroid dienone is 2. The van der Waals surface area contributed by atoms with E-state index in [0.29, 0.717) is 41.1 Å². The Morgan fingerprint density at radius 3 is 3.00 bits per heavy atom. The second-order valence-corrected chi connectivity index (χ2v) is 6.94. The summed E-state index contributed by atoms with van der Waals surface area (Å²) in [6.07, 6.45) is 2.99. The number of nitriles is 1. The molecule has 0 bridgehead atoms. The van der Waals surface area contributed by atoms with Gasteiger partial charge in [-0.3, -0.25) is 0 Å². The van der Waals surface area contributed by atoms with Crippen LogP contribution in [0.2, 0.25) is 5.02 Å². The highest BCUT2D eigenvalue weighted by molar-refractivity contribution is 6.31. The van der Waals surface area contributed by atoms with E-state index in [4.69, 9.17) is 20.8 Å². The second-order valence-electron chi connectivity index (χ2n) is 6.50. The third kappa shape index (κ3) is 3.38. The van der Waals surface area contributed by atoms with Crippen molar-refractivity contribution in [3.05, 3.63) is 53.1 Å². The van der Waals surface area contributed by atoms with Gasteiger partial charge >= 0.3 is 0 Å². The molecule has 2 aromatic heterocycles. The van der Waals surface area contributed by atoms with Crippen LogP contribution in [0, 0.1) is 11.3 Å². The van der Waals surface area contributed by atoms with Crippen molar-refractivity contribution >= 4 is 22.9 Å². The number of aromatic nitrogens is 4. The summed E-state index contributed by atoms with van der Waals surface area (Å²) >= 11 is 6.21. The van der Waals surface area contributed by atoms with Crippen LogP contribution < -0.4 is 5.32 Å². The standard InChI is InChI=1S/C19H17ClN6O2/c1-11(2)28-10-17-24-25-18-13-7-12(20)3-4-15(13)23-16(9-26(17)18)14(8-21)19-22-5-6-27-19/h3-7,11,23H,9-10H2,1-2H3/b16-14+. The molecule has 0 radical (unpaired) electrons. The van der Waals surface area contributed by atoms with Gasteiger partial charge in [0.2, 0.25) is 5.89 Å². The predicted octanol–water partition coefficient (Wildman–Crippen LogP) is 3.87. The van der Waals surface area contributed by atoms with E-state index >= 15 is 0 Å². The minimum Gasteiger partial charge on any atom is -0.444 e. The third-order valence-corrected chi connectivity index (χ3v) is 4.49. The number of rotatable bonds is 4. The zero-order valence-corrected chi connectivity index (χ0v) is 16.1. The van der Waals surface area contributed by atoms with Crippen molar-refractivity contribution in [2.75, 3.05) is 5.32 Å². The molecule has 1 aliphatic rings. The molecule has 4 rings (SSSR count). The fourth-order valence-electron chi connectivity index (χ4n) is 2.95. The average Bonchev–Trinajstić information content (AvgIpc) is 3.29. The number of halogens is 1. The van der Waals surface area contributed by atoms with Crippen LogP contribution in [0.5, 0.6) is 0 Å². The molecule has 0 unspecified atom stereocenters. The van der Waals surface area contributed by atoms with Crippen molar-refractivity contribution in [3.63, 3.8) is 0 Å². The lowest BCUT2D eigenvalue weighted by Crippen LogP contribution is -2.13. The number of fused-ring (bicyclic) bond motifs is 3. The van der Waals surface area contributed by atoms with Gasteiger partial charge in [-0.2, -0.15) is 5.26 Å². The van der Waals surface area contributed by atoms with Gasteiger partial charge in [0.25, 0.3) is 0 Å². The Labute approximate surface area is 166 Å². The first kappa shape index (κ1) is 18.2. The molecule has 9 heteroatoms. The minimum atomic E-state index is 0.0515. The molecule has 142 valence electrons. The summed E-state index contributed by atoms with van der Waals surface area (Å²) < 4.78 is 13.0. The zero-order valence-electron chi connectivity index (χ0n) is 15.3. The lowest BCUT2D eigenvalue weighted by molar-refractivity contribution is 0.0595. The van der Waals surface area contributed by atoms with Crippen LogP contribution in [0.1, 0.15) is 25.6 Å². The summed E-state index contributed by atoms with van der Waals surface area (Å²) in [6.45, 7) is 4.54. The molecule has 1 aliphatic heterocycles. The van der Waals surface area contributed by atoms with E-state index in [1.807, 2.05) is 30.5 Å². The maximum absolute atomic E-state index is 9.74. The normalized spacial score (nSPS) is 14.7. The lowest BCUT2D eigenvalue weighted by atomic mass is 10.1.